The second kappa shape index (κ2) is 8.47. The Morgan fingerprint density at radius 3 is 2.30 bits per heavy atom. The molecule has 4 rings (SSSR count). The Morgan fingerprint density at radius 2 is 1.52 bits per heavy atom. The summed E-state index contributed by atoms with van der Waals surface area (Å²) in [7, 11) is 0. The fourth-order valence-corrected chi connectivity index (χ4v) is 3.58. The van der Waals surface area contributed by atoms with E-state index in [1.165, 1.54) is 16.7 Å². The number of hydrogen-bond acceptors (Lipinski definition) is 2. The minimum Gasteiger partial charge on any atom is -0.486 e. The van der Waals surface area contributed by atoms with Crippen molar-refractivity contribution >= 4 is 11.6 Å². The maximum absolute atomic E-state index is 6.07. The van der Waals surface area contributed by atoms with E-state index in [1.54, 1.807) is 0 Å². The SMILES string of the molecule is Clc1ccc([C@H]([NH2+]CCc2ccc3c(c2)OCCO3)c2ccccc2)cc1. The molecular formula is C23H23ClNO2+. The van der Waals surface area contributed by atoms with Gasteiger partial charge in [-0.25, -0.2) is 0 Å². The van der Waals surface area contributed by atoms with Crippen LogP contribution in [0.15, 0.2) is 72.8 Å². The number of benzene rings is 3. The summed E-state index contributed by atoms with van der Waals surface area (Å²) in [5, 5.41) is 3.15. The van der Waals surface area contributed by atoms with E-state index in [1.807, 2.05) is 18.2 Å². The molecule has 0 aliphatic carbocycles. The normalized spacial score (nSPS) is 14.0. The van der Waals surface area contributed by atoms with Crippen molar-refractivity contribution in [2.45, 2.75) is 12.5 Å². The van der Waals surface area contributed by atoms with Crippen LogP contribution in [0.5, 0.6) is 11.5 Å². The average Bonchev–Trinajstić information content (AvgIpc) is 2.73. The first-order valence-electron chi connectivity index (χ1n) is 9.32. The predicted molar refractivity (Wildman–Crippen MR) is 108 cm³/mol. The quantitative estimate of drug-likeness (QED) is 0.701. The van der Waals surface area contributed by atoms with Crippen LogP contribution >= 0.6 is 11.6 Å². The van der Waals surface area contributed by atoms with Gasteiger partial charge in [0.05, 0.1) is 6.54 Å². The standard InChI is InChI=1S/C23H22ClNO2/c24-20-9-7-19(8-10-20)23(18-4-2-1-3-5-18)25-13-12-17-6-11-21-22(16-17)27-15-14-26-21/h1-11,16,23,25H,12-15H2/p+1/t23-/m1/s1. The molecule has 0 fully saturated rings. The number of nitrogens with two attached hydrogens (primary N) is 1. The van der Waals surface area contributed by atoms with Gasteiger partial charge in [-0.15, -0.1) is 0 Å². The highest BCUT2D eigenvalue weighted by molar-refractivity contribution is 6.30. The van der Waals surface area contributed by atoms with Gasteiger partial charge in [-0.2, -0.15) is 0 Å². The maximum atomic E-state index is 6.07. The second-order valence-electron chi connectivity index (χ2n) is 6.69. The summed E-state index contributed by atoms with van der Waals surface area (Å²) in [4.78, 5) is 0. The van der Waals surface area contributed by atoms with Crippen LogP contribution in [-0.4, -0.2) is 19.8 Å². The van der Waals surface area contributed by atoms with Crippen LogP contribution in [0, 0.1) is 0 Å². The first kappa shape index (κ1) is 17.9. The summed E-state index contributed by atoms with van der Waals surface area (Å²) in [6, 6.07) is 25.2. The summed E-state index contributed by atoms with van der Waals surface area (Å²) in [6.07, 6.45) is 0.966. The molecule has 1 aliphatic rings. The lowest BCUT2D eigenvalue weighted by Crippen LogP contribution is -2.86. The Hall–Kier alpha value is -2.49. The van der Waals surface area contributed by atoms with Crippen molar-refractivity contribution in [3.8, 4) is 11.5 Å². The van der Waals surface area contributed by atoms with Crippen molar-refractivity contribution < 1.29 is 14.8 Å². The average molecular weight is 381 g/mol. The van der Waals surface area contributed by atoms with Crippen LogP contribution in [0.25, 0.3) is 0 Å². The van der Waals surface area contributed by atoms with Gasteiger partial charge in [0.1, 0.15) is 19.3 Å². The Balaban J connectivity index is 1.46. The van der Waals surface area contributed by atoms with Crippen molar-refractivity contribution in [2.24, 2.45) is 0 Å². The van der Waals surface area contributed by atoms with Gasteiger partial charge in [0, 0.05) is 22.6 Å². The fraction of sp³-hybridized carbons (Fsp3) is 0.217. The maximum Gasteiger partial charge on any atom is 0.161 e. The van der Waals surface area contributed by atoms with Crippen molar-refractivity contribution in [3.63, 3.8) is 0 Å². The highest BCUT2D eigenvalue weighted by Crippen LogP contribution is 2.30. The molecule has 1 atom stereocenters. The molecule has 0 saturated carbocycles. The van der Waals surface area contributed by atoms with Gasteiger partial charge in [0.25, 0.3) is 0 Å². The zero-order valence-corrected chi connectivity index (χ0v) is 15.9. The largest absolute Gasteiger partial charge is 0.486 e. The van der Waals surface area contributed by atoms with Crippen LogP contribution < -0.4 is 14.8 Å². The first-order valence-corrected chi connectivity index (χ1v) is 9.70. The van der Waals surface area contributed by atoms with Crippen molar-refractivity contribution in [2.75, 3.05) is 19.8 Å². The molecule has 0 amide bonds. The fourth-order valence-electron chi connectivity index (χ4n) is 3.46. The van der Waals surface area contributed by atoms with Crippen LogP contribution in [0.1, 0.15) is 22.7 Å². The molecule has 1 aliphatic heterocycles. The topological polar surface area (TPSA) is 35.1 Å². The number of halogens is 1. The van der Waals surface area contributed by atoms with Gasteiger partial charge < -0.3 is 14.8 Å². The zero-order valence-electron chi connectivity index (χ0n) is 15.1. The molecule has 0 aromatic heterocycles. The molecule has 138 valence electrons. The number of ether oxygens (including phenoxy) is 2. The molecule has 3 aromatic rings. The molecule has 0 saturated heterocycles. The Bertz CT molecular complexity index is 881. The van der Waals surface area contributed by atoms with E-state index in [2.05, 4.69) is 59.9 Å². The molecular weight excluding hydrogens is 358 g/mol. The molecule has 0 spiro atoms. The van der Waals surface area contributed by atoms with Crippen LogP contribution in [-0.2, 0) is 6.42 Å². The summed E-state index contributed by atoms with van der Waals surface area (Å²) in [6.45, 7) is 2.22. The highest BCUT2D eigenvalue weighted by Gasteiger charge is 2.17. The summed E-state index contributed by atoms with van der Waals surface area (Å²) in [5.74, 6) is 1.70. The van der Waals surface area contributed by atoms with Gasteiger partial charge in [0.2, 0.25) is 0 Å². The van der Waals surface area contributed by atoms with Gasteiger partial charge in [0.15, 0.2) is 11.5 Å². The molecule has 3 aromatic carbocycles. The third kappa shape index (κ3) is 4.44. The summed E-state index contributed by atoms with van der Waals surface area (Å²) >= 11 is 6.07. The van der Waals surface area contributed by atoms with Crippen LogP contribution in [0.4, 0.5) is 0 Å². The van der Waals surface area contributed by atoms with E-state index in [0.29, 0.717) is 13.2 Å². The zero-order chi connectivity index (χ0) is 18.5. The minimum absolute atomic E-state index is 0.251. The van der Waals surface area contributed by atoms with E-state index in [9.17, 15) is 0 Å². The minimum atomic E-state index is 0.251. The van der Waals surface area contributed by atoms with Crippen LogP contribution in [0.2, 0.25) is 5.02 Å². The number of hydrogen-bond donors (Lipinski definition) is 1. The molecule has 27 heavy (non-hydrogen) atoms. The molecule has 0 radical (unpaired) electrons. The summed E-state index contributed by atoms with van der Waals surface area (Å²) < 4.78 is 11.3. The van der Waals surface area contributed by atoms with Gasteiger partial charge in [-0.05, 0) is 29.8 Å². The van der Waals surface area contributed by atoms with E-state index in [-0.39, 0.29) is 6.04 Å². The predicted octanol–water partition coefficient (Wildman–Crippen LogP) is 4.01. The van der Waals surface area contributed by atoms with Crippen molar-refractivity contribution in [1.29, 1.82) is 0 Å². The molecule has 0 bridgehead atoms. The van der Waals surface area contributed by atoms with Crippen molar-refractivity contribution in [1.82, 2.24) is 0 Å². The molecule has 3 nitrogen and oxygen atoms in total. The van der Waals surface area contributed by atoms with Gasteiger partial charge in [-0.3, -0.25) is 0 Å². The third-order valence-electron chi connectivity index (χ3n) is 4.83. The molecule has 4 heteroatoms. The van der Waals surface area contributed by atoms with E-state index >= 15 is 0 Å². The monoisotopic (exact) mass is 380 g/mol. The number of fused-ring (bicyclic) bond motifs is 1. The van der Waals surface area contributed by atoms with E-state index in [4.69, 9.17) is 21.1 Å². The van der Waals surface area contributed by atoms with Crippen molar-refractivity contribution in [3.05, 3.63) is 94.5 Å². The van der Waals surface area contributed by atoms with Gasteiger partial charge >= 0.3 is 0 Å². The first-order chi connectivity index (χ1) is 13.3. The highest BCUT2D eigenvalue weighted by atomic mass is 35.5. The number of rotatable bonds is 6. The van der Waals surface area contributed by atoms with E-state index in [0.717, 1.165) is 29.5 Å². The Labute approximate surface area is 164 Å². The lowest BCUT2D eigenvalue weighted by Gasteiger charge is -2.19. The molecule has 2 N–H and O–H groups in total. The third-order valence-corrected chi connectivity index (χ3v) is 5.08. The lowest BCUT2D eigenvalue weighted by molar-refractivity contribution is -0.686. The second-order valence-corrected chi connectivity index (χ2v) is 7.13. The Morgan fingerprint density at radius 1 is 0.815 bits per heavy atom. The number of quaternary nitrogens is 1. The smallest absolute Gasteiger partial charge is 0.161 e. The molecule has 1 heterocycles. The van der Waals surface area contributed by atoms with E-state index < -0.39 is 0 Å². The molecule has 0 unspecified atom stereocenters. The van der Waals surface area contributed by atoms with Crippen LogP contribution in [0.3, 0.4) is 0 Å². The van der Waals surface area contributed by atoms with Gasteiger partial charge in [-0.1, -0.05) is 60.1 Å². The lowest BCUT2D eigenvalue weighted by atomic mass is 9.98. The summed E-state index contributed by atoms with van der Waals surface area (Å²) in [5.41, 5.74) is 3.81. The Kier molecular flexibility index (Phi) is 5.61.